The van der Waals surface area contributed by atoms with E-state index in [0.717, 1.165) is 41.4 Å². The Morgan fingerprint density at radius 3 is 1.14 bits per heavy atom. The molecular formula is C75H83F4N5O40P8. The van der Waals surface area contributed by atoms with Gasteiger partial charge in [-0.15, -0.1) is 0 Å². The molecule has 13 rings (SSSR count). The molecule has 4 aromatic heterocycles. The van der Waals surface area contributed by atoms with Crippen LogP contribution in [0.5, 0.6) is 23.0 Å². The highest BCUT2D eigenvalue weighted by Crippen LogP contribution is 2.83. The molecule has 716 valence electrons. The summed E-state index contributed by atoms with van der Waals surface area (Å²) in [6, 6.07) is 22.5. The highest BCUT2D eigenvalue weighted by atomic mass is 31.3. The zero-order chi connectivity index (χ0) is 97.3. The van der Waals surface area contributed by atoms with Crippen LogP contribution in [-0.2, 0) is 122 Å². The first-order valence-corrected chi connectivity index (χ1v) is 51.0. The summed E-state index contributed by atoms with van der Waals surface area (Å²) >= 11 is 0. The second-order valence-corrected chi connectivity index (χ2v) is 46.7. The molecule has 5 saturated heterocycles. The van der Waals surface area contributed by atoms with Crippen LogP contribution in [0.15, 0.2) is 165 Å². The summed E-state index contributed by atoms with van der Waals surface area (Å²) in [4.78, 5) is 157. The van der Waals surface area contributed by atoms with Gasteiger partial charge in [-0.3, -0.25) is 102 Å². The average Bonchev–Trinajstić information content (AvgIpc) is 0.791. The topological polar surface area (TPSA) is 658 Å². The van der Waals surface area contributed by atoms with Crippen molar-refractivity contribution in [1.82, 2.24) is 24.8 Å². The average molecular weight is 2020 g/mol. The SMILES string of the molecule is CC(C)OC(=O)Oc1ccc(C2OP(=O)(O)C(O)(Cc3cccnc3)P(=O)(O)O2)c(F)c1.CCCC(=O)OCOc1ccc(C2OP(=O)(O)C(O)(Cc3cccnc3)P(=O)(O)O2)c(F)c1.Cc1ccc(C2OP(=O)(O)C(O)(Cc3cccnc3)P(=O)(O)O2)c(OC(=O)OC(C)C)c1.O=C1CCCN1C(=O)Oc1cc(F)c(C2OP(=O)(O)C(O)(Cc3cccnc3)P(=O)(O)O2)c(F)c1. The third kappa shape index (κ3) is 24.1. The van der Waals surface area contributed by atoms with Gasteiger partial charge in [0.1, 0.15) is 46.3 Å². The number of aryl methyl sites for hydroxylation is 1. The maximum absolute atomic E-state index is 14.8. The Morgan fingerprint density at radius 2 is 0.795 bits per heavy atom. The molecule has 4 aromatic carbocycles. The largest absolute Gasteiger partial charge is 0.514 e. The fourth-order valence-electron chi connectivity index (χ4n) is 12.2. The lowest BCUT2D eigenvalue weighted by molar-refractivity contribution is -0.150. The van der Waals surface area contributed by atoms with Crippen molar-refractivity contribution in [3.8, 4) is 23.0 Å². The number of amides is 2. The molecule has 0 bridgehead atoms. The number of aliphatic hydroxyl groups is 4. The van der Waals surface area contributed by atoms with E-state index in [1.54, 1.807) is 47.6 Å². The monoisotopic (exact) mass is 2020 g/mol. The Kier molecular flexibility index (Phi) is 33.5. The number of nitrogens with zero attached hydrogens (tertiary/aromatic N) is 5. The van der Waals surface area contributed by atoms with E-state index in [2.05, 4.69) is 19.9 Å². The summed E-state index contributed by atoms with van der Waals surface area (Å²) < 4.78 is 235. The van der Waals surface area contributed by atoms with E-state index in [-0.39, 0.29) is 64.5 Å². The summed E-state index contributed by atoms with van der Waals surface area (Å²) in [5, 5.41) is 29.9. The van der Waals surface area contributed by atoms with E-state index in [0.29, 0.717) is 30.5 Å². The smallest absolute Gasteiger partial charge is 0.457 e. The van der Waals surface area contributed by atoms with Gasteiger partial charge in [-0.2, -0.15) is 0 Å². The quantitative estimate of drug-likeness (QED) is 0.00749. The first-order chi connectivity index (χ1) is 61.5. The van der Waals surface area contributed by atoms with Gasteiger partial charge in [-0.05, 0) is 136 Å². The van der Waals surface area contributed by atoms with Crippen molar-refractivity contribution in [2.45, 2.75) is 151 Å². The maximum atomic E-state index is 14.8. The molecule has 57 heteroatoms. The molecule has 8 atom stereocenters. The van der Waals surface area contributed by atoms with Crippen molar-refractivity contribution in [2.24, 2.45) is 0 Å². The van der Waals surface area contributed by atoms with Gasteiger partial charge >= 0.3 is 85.1 Å². The number of likely N-dealkylation sites (tertiary alicyclic amines) is 1. The van der Waals surface area contributed by atoms with Crippen LogP contribution >= 0.6 is 60.8 Å². The van der Waals surface area contributed by atoms with Gasteiger partial charge in [0, 0.05) is 130 Å². The highest BCUT2D eigenvalue weighted by molar-refractivity contribution is 7.75. The van der Waals surface area contributed by atoms with Gasteiger partial charge in [0.15, 0.2) is 0 Å². The number of carbonyl (C=O) groups is 5. The van der Waals surface area contributed by atoms with Gasteiger partial charge in [0.2, 0.25) is 37.9 Å². The van der Waals surface area contributed by atoms with Crippen LogP contribution < -0.4 is 18.9 Å². The molecule has 2 amide bonds. The molecule has 132 heavy (non-hydrogen) atoms. The van der Waals surface area contributed by atoms with E-state index < -0.39 is 227 Å². The minimum atomic E-state index is -5.49. The van der Waals surface area contributed by atoms with Crippen molar-refractivity contribution in [3.05, 3.63) is 238 Å². The van der Waals surface area contributed by atoms with Gasteiger partial charge < -0.3 is 92.7 Å². The van der Waals surface area contributed by atoms with Gasteiger partial charge in [0.25, 0.3) is 20.3 Å². The molecule has 0 radical (unpaired) electrons. The summed E-state index contributed by atoms with van der Waals surface area (Å²) in [5.74, 6) is -7.40. The van der Waals surface area contributed by atoms with Crippen molar-refractivity contribution < 1.29 is 207 Å². The van der Waals surface area contributed by atoms with E-state index in [4.69, 9.17) is 69.3 Å². The maximum Gasteiger partial charge on any atom is 0.514 e. The first-order valence-electron chi connectivity index (χ1n) is 38.3. The zero-order valence-electron chi connectivity index (χ0n) is 69.2. The van der Waals surface area contributed by atoms with E-state index in [9.17, 15) is 138 Å². The third-order valence-electron chi connectivity index (χ3n) is 18.8. The minimum absolute atomic E-state index is 0.0520. The molecule has 9 heterocycles. The van der Waals surface area contributed by atoms with Crippen molar-refractivity contribution in [1.29, 1.82) is 0 Å². The predicted molar refractivity (Wildman–Crippen MR) is 438 cm³/mol. The molecule has 5 aliphatic rings. The molecule has 8 unspecified atom stereocenters. The number of ether oxygens (including phenoxy) is 7. The molecule has 12 N–H and O–H groups in total. The molecule has 5 fully saturated rings. The van der Waals surface area contributed by atoms with Crippen LogP contribution in [-0.4, -0.2) is 161 Å². The van der Waals surface area contributed by atoms with Crippen LogP contribution in [0.25, 0.3) is 0 Å². The van der Waals surface area contributed by atoms with Gasteiger partial charge in [-0.25, -0.2) is 36.8 Å². The fourth-order valence-corrected chi connectivity index (χ4v) is 26.4. The Morgan fingerprint density at radius 1 is 0.455 bits per heavy atom. The number of carbonyl (C=O) groups excluding carboxylic acids is 5. The lowest BCUT2D eigenvalue weighted by Crippen LogP contribution is -2.38. The van der Waals surface area contributed by atoms with Gasteiger partial charge in [-0.1, -0.05) is 37.3 Å². The first kappa shape index (κ1) is 105. The number of halogens is 4. The van der Waals surface area contributed by atoms with E-state index in [1.165, 1.54) is 110 Å². The molecular weight excluding hydrogens is 1930 g/mol. The summed E-state index contributed by atoms with van der Waals surface area (Å²) in [6.45, 7) is 9.47. The number of hydrogen-bond acceptors (Lipinski definition) is 36. The number of aromatic nitrogens is 4. The lowest BCUT2D eigenvalue weighted by Gasteiger charge is -2.41. The number of benzene rings is 4. The summed E-state index contributed by atoms with van der Waals surface area (Å²) in [6.07, 6.45) is -4.29. The Balaban J connectivity index is 0.000000183. The van der Waals surface area contributed by atoms with Crippen molar-refractivity contribution in [3.63, 3.8) is 0 Å². The number of pyridine rings is 4. The van der Waals surface area contributed by atoms with Crippen LogP contribution in [0.2, 0.25) is 0 Å². The van der Waals surface area contributed by atoms with E-state index >= 15 is 0 Å². The Bertz CT molecular complexity index is 5870. The van der Waals surface area contributed by atoms with Crippen LogP contribution in [0.1, 0.15) is 136 Å². The van der Waals surface area contributed by atoms with Crippen molar-refractivity contribution in [2.75, 3.05) is 13.3 Å². The Hall–Kier alpha value is -9.01. The highest BCUT2D eigenvalue weighted by Gasteiger charge is 2.71. The predicted octanol–water partition coefficient (Wildman–Crippen LogP) is 13.1. The number of rotatable bonds is 22. The van der Waals surface area contributed by atoms with Crippen LogP contribution in [0.3, 0.4) is 0 Å². The minimum Gasteiger partial charge on any atom is -0.457 e. The molecule has 8 aromatic rings. The van der Waals surface area contributed by atoms with Crippen LogP contribution in [0, 0.1) is 30.2 Å². The fraction of sp³-hybridized carbons (Fsp3) is 0.347. The lowest BCUT2D eigenvalue weighted by atomic mass is 10.1. The molecule has 45 nitrogen and oxygen atoms in total. The number of imide groups is 1. The second-order valence-electron chi connectivity index (χ2n) is 29.4. The van der Waals surface area contributed by atoms with Crippen molar-refractivity contribution >= 4 is 91.0 Å². The third-order valence-corrected chi connectivity index (χ3v) is 37.2. The second kappa shape index (κ2) is 42.1. The van der Waals surface area contributed by atoms with Crippen LogP contribution in [0.4, 0.5) is 31.9 Å². The summed E-state index contributed by atoms with van der Waals surface area (Å²) in [5.41, 5.74) is -1.09. The molecule has 5 aliphatic heterocycles. The van der Waals surface area contributed by atoms with E-state index in [1.807, 2.05) is 0 Å². The molecule has 0 spiro atoms. The summed E-state index contributed by atoms with van der Waals surface area (Å²) in [7, 11) is -42.4. The Labute approximate surface area is 744 Å². The standard InChI is InChI=1S/C19H18F2N2O10P2.C19H22FNO10P2.C19H23NO10P2.C18H20FNO10P2/c20-13-7-12(31-18(25)23-6-2-4-15(23)24)8-14(21)16(13)17-32-34(27,28)19(26,35(29,30)33-17)9-11-3-1-5-22-10-11;1-2-4-17(22)29-12-28-14-6-7-15(16(20)9-14)18-30-32(24,25)19(23,33(26,27)31-18)10-13-5-3-8-21-11-13;1-12(2)27-18(21)28-16-9-13(3)6-7-15(16)17-29-31(23,24)19(22,32(25,26)30-17)10-14-5-4-8-20-11-14;1-11(2)27-17(21)28-13-5-6-14(15(19)8-13)16-29-31(23,24)18(22,32(25,26)30-16)9-12-4-3-7-20-10-12/h1,3,5,7-8,10,17,26H,2,4,6,9H2,(H,27,28)(H,29,30);3,5-9,11,18,23H,2,4,10,12H2,1H3,(H,24,25)(H,26,27);4-9,11-12,17,22H,10H2,1-3H3,(H,23,24)(H,25,26);3-8,10-11,16,22H,9H2,1-2H3,(H,23,24)(H,25,26). The number of hydrogen-bond donors (Lipinski definition) is 12. The van der Waals surface area contributed by atoms with Gasteiger partial charge in [0.05, 0.1) is 23.3 Å². The molecule has 0 saturated carbocycles. The normalized spacial score (nSPS) is 30.2. The molecule has 0 aliphatic carbocycles. The number of esters is 1. The zero-order valence-corrected chi connectivity index (χ0v) is 76.4.